The number of β-amino-alcohol motifs (C(OH)–C–C–N with tert-alkyl or cyclic N) is 1. The zero-order chi connectivity index (χ0) is 15.6. The summed E-state index contributed by atoms with van der Waals surface area (Å²) in [7, 11) is 0. The second-order valence-electron chi connectivity index (χ2n) is 6.20. The van der Waals surface area contributed by atoms with E-state index in [0.29, 0.717) is 13.1 Å². The van der Waals surface area contributed by atoms with E-state index in [1.54, 1.807) is 23.4 Å². The summed E-state index contributed by atoms with van der Waals surface area (Å²) in [4.78, 5) is 13.2. The maximum absolute atomic E-state index is 10.3. The highest BCUT2D eigenvalue weighted by Crippen LogP contribution is 2.27. The zero-order valence-corrected chi connectivity index (χ0v) is 13.0. The van der Waals surface area contributed by atoms with Gasteiger partial charge in [0.25, 0.3) is 0 Å². The van der Waals surface area contributed by atoms with Crippen molar-refractivity contribution in [3.05, 3.63) is 24.8 Å². The quantitative estimate of drug-likeness (QED) is 0.882. The molecule has 122 valence electrons. The Kier molecular flexibility index (Phi) is 3.82. The Labute approximate surface area is 134 Å². The Morgan fingerprint density at radius 1 is 1.00 bits per heavy atom. The Bertz CT molecular complexity index is 641. The fourth-order valence-corrected chi connectivity index (χ4v) is 3.42. The first-order valence-electron chi connectivity index (χ1n) is 8.17. The van der Waals surface area contributed by atoms with Gasteiger partial charge in [0.1, 0.15) is 18.0 Å². The van der Waals surface area contributed by atoms with E-state index in [-0.39, 0.29) is 6.04 Å². The van der Waals surface area contributed by atoms with E-state index in [0.717, 1.165) is 24.7 Å². The Morgan fingerprint density at radius 3 is 2.52 bits per heavy atom. The zero-order valence-electron chi connectivity index (χ0n) is 13.0. The highest BCUT2D eigenvalue weighted by Gasteiger charge is 2.34. The molecule has 2 atom stereocenters. The molecule has 23 heavy (non-hydrogen) atoms. The normalized spacial score (nSPS) is 25.1. The highest BCUT2D eigenvalue weighted by atomic mass is 16.3. The summed E-state index contributed by atoms with van der Waals surface area (Å²) >= 11 is 0. The molecule has 4 heterocycles. The second-order valence-corrected chi connectivity index (χ2v) is 6.20. The van der Waals surface area contributed by atoms with Crippen molar-refractivity contribution < 1.29 is 5.11 Å². The molecule has 2 saturated heterocycles. The van der Waals surface area contributed by atoms with Gasteiger partial charge in [0.2, 0.25) is 0 Å². The largest absolute Gasteiger partial charge is 0.389 e. The van der Waals surface area contributed by atoms with Crippen LogP contribution in [-0.4, -0.2) is 62.4 Å². The lowest BCUT2D eigenvalue weighted by Gasteiger charge is -2.28. The summed E-state index contributed by atoms with van der Waals surface area (Å²) < 4.78 is 1.72. The van der Waals surface area contributed by atoms with Gasteiger partial charge in [0.15, 0.2) is 0 Å². The summed E-state index contributed by atoms with van der Waals surface area (Å²) in [6, 6.07) is 1.94. The molecule has 0 aromatic carbocycles. The van der Waals surface area contributed by atoms with E-state index in [2.05, 4.69) is 30.1 Å². The molecule has 2 aliphatic heterocycles. The van der Waals surface area contributed by atoms with Crippen LogP contribution >= 0.6 is 0 Å². The van der Waals surface area contributed by atoms with Crippen LogP contribution in [0.2, 0.25) is 0 Å². The minimum absolute atomic E-state index is 0.0918. The molecule has 2 aromatic rings. The number of aliphatic hydroxyl groups is 1. The number of hydrogen-bond donors (Lipinski definition) is 1. The van der Waals surface area contributed by atoms with E-state index >= 15 is 0 Å². The van der Waals surface area contributed by atoms with Crippen LogP contribution in [0, 0.1) is 0 Å². The van der Waals surface area contributed by atoms with Crippen LogP contribution in [0.1, 0.15) is 25.3 Å². The molecule has 2 aromatic heterocycles. The van der Waals surface area contributed by atoms with Crippen LogP contribution < -0.4 is 9.80 Å². The molecule has 0 unspecified atom stereocenters. The van der Waals surface area contributed by atoms with Gasteiger partial charge in [-0.05, 0) is 19.3 Å². The number of hydrogen-bond acceptors (Lipinski definition) is 7. The van der Waals surface area contributed by atoms with Crippen molar-refractivity contribution in [3.63, 3.8) is 0 Å². The summed E-state index contributed by atoms with van der Waals surface area (Å²) in [5.74, 6) is 1.84. The first-order chi connectivity index (χ1) is 11.3. The second kappa shape index (κ2) is 6.11. The van der Waals surface area contributed by atoms with Gasteiger partial charge in [-0.15, -0.1) is 5.10 Å². The van der Waals surface area contributed by atoms with Crippen LogP contribution in [0.5, 0.6) is 0 Å². The SMILES string of the molecule is O[C@@H]1CN(c2cc(N3CCCCC3)ncn2)C[C@H]1n1ccnn1. The number of rotatable bonds is 3. The van der Waals surface area contributed by atoms with Gasteiger partial charge in [-0.1, -0.05) is 5.21 Å². The van der Waals surface area contributed by atoms with Crippen molar-refractivity contribution in [2.24, 2.45) is 0 Å². The summed E-state index contributed by atoms with van der Waals surface area (Å²) in [6.45, 7) is 3.32. The number of anilines is 2. The molecule has 1 N–H and O–H groups in total. The lowest BCUT2D eigenvalue weighted by atomic mass is 10.1. The van der Waals surface area contributed by atoms with Gasteiger partial charge < -0.3 is 14.9 Å². The number of piperidine rings is 1. The molecule has 2 aliphatic rings. The third kappa shape index (κ3) is 2.86. The maximum atomic E-state index is 10.3. The lowest BCUT2D eigenvalue weighted by molar-refractivity contribution is 0.144. The minimum Gasteiger partial charge on any atom is -0.389 e. The molecule has 0 amide bonds. The van der Waals surface area contributed by atoms with Crippen molar-refractivity contribution in [3.8, 4) is 0 Å². The van der Waals surface area contributed by atoms with E-state index in [4.69, 9.17) is 0 Å². The molecule has 0 radical (unpaired) electrons. The fraction of sp³-hybridized carbons (Fsp3) is 0.600. The van der Waals surface area contributed by atoms with Crippen LogP contribution in [0.3, 0.4) is 0 Å². The van der Waals surface area contributed by atoms with Crippen molar-refractivity contribution in [2.45, 2.75) is 31.4 Å². The smallest absolute Gasteiger partial charge is 0.134 e. The lowest BCUT2D eigenvalue weighted by Crippen LogP contribution is -2.30. The Morgan fingerprint density at radius 2 is 1.78 bits per heavy atom. The molecule has 0 spiro atoms. The Balaban J connectivity index is 1.52. The van der Waals surface area contributed by atoms with Gasteiger partial charge in [-0.3, -0.25) is 0 Å². The molecule has 0 saturated carbocycles. The van der Waals surface area contributed by atoms with E-state index in [9.17, 15) is 5.11 Å². The molecule has 8 nitrogen and oxygen atoms in total. The molecule has 0 bridgehead atoms. The van der Waals surface area contributed by atoms with Crippen molar-refractivity contribution in [1.82, 2.24) is 25.0 Å². The predicted molar refractivity (Wildman–Crippen MR) is 85.4 cm³/mol. The molecular weight excluding hydrogens is 294 g/mol. The van der Waals surface area contributed by atoms with Crippen LogP contribution in [0.25, 0.3) is 0 Å². The molecule has 8 heteroatoms. The minimum atomic E-state index is -0.481. The highest BCUT2D eigenvalue weighted by molar-refractivity contribution is 5.51. The third-order valence-electron chi connectivity index (χ3n) is 4.68. The van der Waals surface area contributed by atoms with Crippen LogP contribution in [0.4, 0.5) is 11.6 Å². The third-order valence-corrected chi connectivity index (χ3v) is 4.68. The summed E-state index contributed by atoms with van der Waals surface area (Å²) in [6.07, 6.45) is 8.29. The van der Waals surface area contributed by atoms with Gasteiger partial charge in [0, 0.05) is 38.4 Å². The van der Waals surface area contributed by atoms with Crippen LogP contribution in [-0.2, 0) is 0 Å². The molecule has 0 aliphatic carbocycles. The predicted octanol–water partition coefficient (Wildman–Crippen LogP) is 0.481. The van der Waals surface area contributed by atoms with Gasteiger partial charge in [-0.2, -0.15) is 0 Å². The first kappa shape index (κ1) is 14.4. The number of aromatic nitrogens is 5. The van der Waals surface area contributed by atoms with Gasteiger partial charge in [0.05, 0.1) is 18.3 Å². The first-order valence-corrected chi connectivity index (χ1v) is 8.17. The van der Waals surface area contributed by atoms with Crippen molar-refractivity contribution in [1.29, 1.82) is 0 Å². The average Bonchev–Trinajstić information content (AvgIpc) is 3.25. The number of nitrogens with zero attached hydrogens (tertiary/aromatic N) is 7. The average molecular weight is 315 g/mol. The van der Waals surface area contributed by atoms with E-state index < -0.39 is 6.10 Å². The molecule has 4 rings (SSSR count). The van der Waals surface area contributed by atoms with E-state index in [1.165, 1.54) is 19.3 Å². The van der Waals surface area contributed by atoms with Crippen LogP contribution in [0.15, 0.2) is 24.8 Å². The fourth-order valence-electron chi connectivity index (χ4n) is 3.42. The summed E-state index contributed by atoms with van der Waals surface area (Å²) in [5, 5.41) is 18.2. The molecule has 2 fully saturated rings. The van der Waals surface area contributed by atoms with E-state index in [1.807, 2.05) is 6.07 Å². The topological polar surface area (TPSA) is 83.2 Å². The van der Waals surface area contributed by atoms with Crippen molar-refractivity contribution in [2.75, 3.05) is 36.0 Å². The molecular formula is C15H21N7O. The van der Waals surface area contributed by atoms with Gasteiger partial charge >= 0.3 is 0 Å². The van der Waals surface area contributed by atoms with Crippen molar-refractivity contribution >= 4 is 11.6 Å². The number of aliphatic hydroxyl groups excluding tert-OH is 1. The maximum Gasteiger partial charge on any atom is 0.134 e. The standard InChI is InChI=1S/C15H21N7O/c23-13-10-21(9-12(13)22-7-4-18-19-22)15-8-14(16-11-17-15)20-5-2-1-3-6-20/h4,7-8,11-13,23H,1-3,5-6,9-10H2/t12-,13-/m1/s1. The van der Waals surface area contributed by atoms with Gasteiger partial charge in [-0.25, -0.2) is 14.6 Å². The Hall–Kier alpha value is -2.22. The summed E-state index contributed by atoms with van der Waals surface area (Å²) in [5.41, 5.74) is 0. The monoisotopic (exact) mass is 315 g/mol.